The molecule has 0 bridgehead atoms. The number of aryl methyl sites for hydroxylation is 1. The number of likely N-dealkylation sites (tertiary alicyclic amines) is 1. The van der Waals surface area contributed by atoms with E-state index in [-0.39, 0.29) is 5.91 Å². The Bertz CT molecular complexity index is 598. The number of carbonyl (C=O) groups excluding carboxylic acids is 3. The zero-order valence-electron chi connectivity index (χ0n) is 13.1. The van der Waals surface area contributed by atoms with Gasteiger partial charge < -0.3 is 15.1 Å². The van der Waals surface area contributed by atoms with Gasteiger partial charge in [0.2, 0.25) is 5.91 Å². The van der Waals surface area contributed by atoms with Crippen LogP contribution < -0.4 is 5.32 Å². The summed E-state index contributed by atoms with van der Waals surface area (Å²) in [5.41, 5.74) is 1.49. The fourth-order valence-electron chi connectivity index (χ4n) is 2.58. The van der Waals surface area contributed by atoms with E-state index in [1.807, 2.05) is 19.1 Å². The van der Waals surface area contributed by atoms with Crippen molar-refractivity contribution in [2.45, 2.75) is 25.8 Å². The fourth-order valence-corrected chi connectivity index (χ4v) is 2.58. The Morgan fingerprint density at radius 1 is 1.23 bits per heavy atom. The highest BCUT2D eigenvalue weighted by atomic mass is 16.2. The monoisotopic (exact) mass is 303 g/mol. The number of rotatable bonds is 2. The molecule has 1 saturated heterocycles. The highest BCUT2D eigenvalue weighted by molar-refractivity contribution is 6.40. The Labute approximate surface area is 130 Å². The minimum atomic E-state index is -0.701. The largest absolute Gasteiger partial charge is 0.347 e. The summed E-state index contributed by atoms with van der Waals surface area (Å²) in [6.45, 7) is 2.29. The maximum absolute atomic E-state index is 12.3. The van der Waals surface area contributed by atoms with Crippen LogP contribution in [0, 0.1) is 6.92 Å². The van der Waals surface area contributed by atoms with E-state index in [1.54, 1.807) is 26.2 Å². The third kappa shape index (κ3) is 3.27. The molecule has 6 heteroatoms. The van der Waals surface area contributed by atoms with E-state index < -0.39 is 17.9 Å². The third-order valence-electron chi connectivity index (χ3n) is 3.83. The van der Waals surface area contributed by atoms with Gasteiger partial charge in [-0.05, 0) is 31.4 Å². The Morgan fingerprint density at radius 3 is 2.55 bits per heavy atom. The topological polar surface area (TPSA) is 69.7 Å². The molecule has 1 N–H and O–H groups in total. The molecule has 2 rings (SSSR count). The van der Waals surface area contributed by atoms with Crippen LogP contribution in [0.15, 0.2) is 24.3 Å². The zero-order valence-corrected chi connectivity index (χ0v) is 13.1. The van der Waals surface area contributed by atoms with Gasteiger partial charge in [-0.15, -0.1) is 0 Å². The number of amides is 3. The second kappa shape index (κ2) is 6.60. The molecule has 1 aromatic rings. The fraction of sp³-hybridized carbons (Fsp3) is 0.438. The summed E-state index contributed by atoms with van der Waals surface area (Å²) in [6, 6.07) is 6.71. The molecular formula is C16H21N3O3. The second-order valence-corrected chi connectivity index (χ2v) is 5.66. The van der Waals surface area contributed by atoms with Gasteiger partial charge >= 0.3 is 11.8 Å². The summed E-state index contributed by atoms with van der Waals surface area (Å²) >= 11 is 0. The lowest BCUT2D eigenvalue weighted by molar-refractivity contribution is -0.147. The molecule has 0 aliphatic carbocycles. The van der Waals surface area contributed by atoms with Gasteiger partial charge in [0.15, 0.2) is 0 Å². The minimum absolute atomic E-state index is 0.144. The van der Waals surface area contributed by atoms with Gasteiger partial charge in [0, 0.05) is 26.3 Å². The van der Waals surface area contributed by atoms with Crippen LogP contribution in [0.1, 0.15) is 18.4 Å². The van der Waals surface area contributed by atoms with E-state index in [2.05, 4.69) is 5.32 Å². The molecule has 6 nitrogen and oxygen atoms in total. The summed E-state index contributed by atoms with van der Waals surface area (Å²) in [5.74, 6) is -1.50. The molecule has 3 amide bonds. The van der Waals surface area contributed by atoms with Crippen LogP contribution >= 0.6 is 0 Å². The Balaban J connectivity index is 2.08. The highest BCUT2D eigenvalue weighted by Crippen LogP contribution is 2.20. The van der Waals surface area contributed by atoms with Gasteiger partial charge in [0.05, 0.1) is 0 Å². The molecule has 1 aliphatic heterocycles. The van der Waals surface area contributed by atoms with Crippen molar-refractivity contribution in [3.8, 4) is 0 Å². The van der Waals surface area contributed by atoms with Gasteiger partial charge in [0.25, 0.3) is 0 Å². The number of anilines is 1. The lowest BCUT2D eigenvalue weighted by Crippen LogP contribution is -2.49. The maximum atomic E-state index is 12.3. The number of hydrogen-bond donors (Lipinski definition) is 1. The molecular weight excluding hydrogens is 282 g/mol. The average Bonchev–Trinajstić information content (AvgIpc) is 2.97. The highest BCUT2D eigenvalue weighted by Gasteiger charge is 2.37. The molecule has 1 fully saturated rings. The van der Waals surface area contributed by atoms with Gasteiger partial charge in [0.1, 0.15) is 6.04 Å². The maximum Gasteiger partial charge on any atom is 0.313 e. The van der Waals surface area contributed by atoms with Gasteiger partial charge in [-0.1, -0.05) is 18.2 Å². The van der Waals surface area contributed by atoms with Crippen LogP contribution in [0.3, 0.4) is 0 Å². The molecule has 0 saturated carbocycles. The van der Waals surface area contributed by atoms with E-state index in [1.165, 1.54) is 9.80 Å². The molecule has 1 aliphatic rings. The van der Waals surface area contributed by atoms with Gasteiger partial charge in [-0.25, -0.2) is 0 Å². The molecule has 22 heavy (non-hydrogen) atoms. The van der Waals surface area contributed by atoms with Crippen molar-refractivity contribution in [1.82, 2.24) is 9.80 Å². The van der Waals surface area contributed by atoms with Crippen molar-refractivity contribution >= 4 is 23.4 Å². The summed E-state index contributed by atoms with van der Waals surface area (Å²) in [5, 5.41) is 2.62. The molecule has 0 aromatic heterocycles. The molecule has 0 spiro atoms. The number of hydrogen-bond acceptors (Lipinski definition) is 3. The standard InChI is InChI=1S/C16H21N3O3/c1-11-7-4-5-8-12(11)17-14(20)16(22)19-10-6-9-13(19)15(21)18(2)3/h4-5,7-8,13H,6,9-10H2,1-3H3,(H,17,20)/t13-/m1/s1. The van der Waals surface area contributed by atoms with Crippen molar-refractivity contribution in [1.29, 1.82) is 0 Å². The van der Waals surface area contributed by atoms with E-state index in [0.29, 0.717) is 18.7 Å². The van der Waals surface area contributed by atoms with Crippen molar-refractivity contribution in [2.75, 3.05) is 26.0 Å². The first-order chi connectivity index (χ1) is 10.4. The lowest BCUT2D eigenvalue weighted by atomic mass is 10.2. The van der Waals surface area contributed by atoms with Gasteiger partial charge in [-0.2, -0.15) is 0 Å². The molecule has 1 aromatic carbocycles. The quantitative estimate of drug-likeness (QED) is 0.829. The van der Waals surface area contributed by atoms with E-state index in [4.69, 9.17) is 0 Å². The van der Waals surface area contributed by atoms with Gasteiger partial charge in [-0.3, -0.25) is 14.4 Å². The van der Waals surface area contributed by atoms with E-state index >= 15 is 0 Å². The van der Waals surface area contributed by atoms with Crippen LogP contribution in [-0.2, 0) is 14.4 Å². The summed E-state index contributed by atoms with van der Waals surface area (Å²) in [4.78, 5) is 39.4. The SMILES string of the molecule is Cc1ccccc1NC(=O)C(=O)N1CCC[C@@H]1C(=O)N(C)C. The first-order valence-corrected chi connectivity index (χ1v) is 7.30. The molecule has 118 valence electrons. The average molecular weight is 303 g/mol. The number of nitrogens with zero attached hydrogens (tertiary/aromatic N) is 2. The van der Waals surface area contributed by atoms with Crippen LogP contribution in [-0.4, -0.2) is 54.2 Å². The lowest BCUT2D eigenvalue weighted by Gasteiger charge is -2.25. The van der Waals surface area contributed by atoms with Crippen molar-refractivity contribution in [3.05, 3.63) is 29.8 Å². The number of carbonyl (C=O) groups is 3. The molecule has 1 atom stereocenters. The first-order valence-electron chi connectivity index (χ1n) is 7.30. The summed E-state index contributed by atoms with van der Waals surface area (Å²) in [6.07, 6.45) is 1.33. The second-order valence-electron chi connectivity index (χ2n) is 5.66. The summed E-state index contributed by atoms with van der Waals surface area (Å²) in [7, 11) is 3.30. The zero-order chi connectivity index (χ0) is 16.3. The first kappa shape index (κ1) is 16.0. The molecule has 1 heterocycles. The number of nitrogens with one attached hydrogen (secondary N) is 1. The normalized spacial score (nSPS) is 17.2. The predicted octanol–water partition coefficient (Wildman–Crippen LogP) is 1.01. The summed E-state index contributed by atoms with van der Waals surface area (Å²) < 4.78 is 0. The van der Waals surface area contributed by atoms with Crippen LogP contribution in [0.4, 0.5) is 5.69 Å². The van der Waals surface area contributed by atoms with Crippen LogP contribution in [0.5, 0.6) is 0 Å². The number of benzene rings is 1. The molecule has 0 radical (unpaired) electrons. The van der Waals surface area contributed by atoms with E-state index in [0.717, 1.165) is 12.0 Å². The predicted molar refractivity (Wildman–Crippen MR) is 83.2 cm³/mol. The minimum Gasteiger partial charge on any atom is -0.347 e. The van der Waals surface area contributed by atoms with Crippen molar-refractivity contribution < 1.29 is 14.4 Å². The smallest absolute Gasteiger partial charge is 0.313 e. The van der Waals surface area contributed by atoms with Crippen LogP contribution in [0.25, 0.3) is 0 Å². The Hall–Kier alpha value is -2.37. The third-order valence-corrected chi connectivity index (χ3v) is 3.83. The van der Waals surface area contributed by atoms with Crippen molar-refractivity contribution in [2.24, 2.45) is 0 Å². The number of likely N-dealkylation sites (N-methyl/N-ethyl adjacent to an activating group) is 1. The van der Waals surface area contributed by atoms with Crippen molar-refractivity contribution in [3.63, 3.8) is 0 Å². The Morgan fingerprint density at radius 2 is 1.91 bits per heavy atom. The van der Waals surface area contributed by atoms with E-state index in [9.17, 15) is 14.4 Å². The van der Waals surface area contributed by atoms with Crippen LogP contribution in [0.2, 0.25) is 0 Å². The Kier molecular flexibility index (Phi) is 4.80. The number of para-hydroxylation sites is 1. The molecule has 0 unspecified atom stereocenters.